The number of carboxylic acid groups (broad SMARTS) is 1. The minimum absolute atomic E-state index is 0.0284. The first-order chi connectivity index (χ1) is 9.10. The molecule has 0 aliphatic heterocycles. The number of benzene rings is 2. The number of rotatable bonds is 4. The van der Waals surface area contributed by atoms with Crippen molar-refractivity contribution in [2.45, 2.75) is 6.61 Å². The molecule has 0 aliphatic rings. The molecule has 0 aromatic heterocycles. The number of aliphatic hydroxyl groups is 1. The average molecular weight is 279 g/mol. The summed E-state index contributed by atoms with van der Waals surface area (Å²) in [5, 5.41) is 17.9. The SMILES string of the molecule is O=C(O)c1ccc(Oc2ccc(CO)cc2)cc1Cl. The highest BCUT2D eigenvalue weighted by atomic mass is 35.5. The Kier molecular flexibility index (Phi) is 4.04. The maximum absolute atomic E-state index is 10.8. The Morgan fingerprint density at radius 1 is 1.11 bits per heavy atom. The summed E-state index contributed by atoms with van der Waals surface area (Å²) < 4.78 is 5.53. The van der Waals surface area contributed by atoms with Crippen LogP contribution >= 0.6 is 11.6 Å². The molecule has 2 rings (SSSR count). The topological polar surface area (TPSA) is 66.8 Å². The van der Waals surface area contributed by atoms with Gasteiger partial charge in [0.1, 0.15) is 11.5 Å². The molecule has 0 amide bonds. The van der Waals surface area contributed by atoms with Crippen LogP contribution in [-0.4, -0.2) is 16.2 Å². The highest BCUT2D eigenvalue weighted by Crippen LogP contribution is 2.27. The molecule has 4 nitrogen and oxygen atoms in total. The standard InChI is InChI=1S/C14H11ClO4/c15-13-7-11(5-6-12(13)14(17)18)19-10-3-1-9(8-16)2-4-10/h1-7,16H,8H2,(H,17,18). The fourth-order valence-electron chi connectivity index (χ4n) is 1.53. The van der Waals surface area contributed by atoms with Crippen LogP contribution in [0.4, 0.5) is 0 Å². The van der Waals surface area contributed by atoms with E-state index in [0.717, 1.165) is 5.56 Å². The Labute approximate surface area is 114 Å². The van der Waals surface area contributed by atoms with Crippen molar-refractivity contribution in [3.8, 4) is 11.5 Å². The van der Waals surface area contributed by atoms with E-state index in [9.17, 15) is 4.79 Å². The van der Waals surface area contributed by atoms with Crippen LogP contribution in [-0.2, 0) is 6.61 Å². The molecule has 0 radical (unpaired) electrons. The summed E-state index contributed by atoms with van der Waals surface area (Å²) in [4.78, 5) is 10.8. The van der Waals surface area contributed by atoms with Crippen LogP contribution < -0.4 is 4.74 Å². The highest BCUT2D eigenvalue weighted by molar-refractivity contribution is 6.33. The lowest BCUT2D eigenvalue weighted by atomic mass is 10.2. The van der Waals surface area contributed by atoms with E-state index in [0.29, 0.717) is 11.5 Å². The molecule has 98 valence electrons. The highest BCUT2D eigenvalue weighted by Gasteiger charge is 2.09. The van der Waals surface area contributed by atoms with E-state index >= 15 is 0 Å². The van der Waals surface area contributed by atoms with Gasteiger partial charge in [-0.25, -0.2) is 4.79 Å². The van der Waals surface area contributed by atoms with Crippen molar-refractivity contribution in [2.24, 2.45) is 0 Å². The van der Waals surface area contributed by atoms with Crippen LogP contribution in [0.1, 0.15) is 15.9 Å². The summed E-state index contributed by atoms with van der Waals surface area (Å²) in [6, 6.07) is 11.3. The fraction of sp³-hybridized carbons (Fsp3) is 0.0714. The molecule has 0 unspecified atom stereocenters. The lowest BCUT2D eigenvalue weighted by molar-refractivity contribution is 0.0697. The summed E-state index contributed by atoms with van der Waals surface area (Å²) >= 11 is 5.84. The number of hydrogen-bond donors (Lipinski definition) is 2. The van der Waals surface area contributed by atoms with Crippen LogP contribution in [0.3, 0.4) is 0 Å². The third kappa shape index (κ3) is 3.24. The van der Waals surface area contributed by atoms with E-state index in [4.69, 9.17) is 26.6 Å². The zero-order chi connectivity index (χ0) is 13.8. The molecule has 0 fully saturated rings. The second-order valence-electron chi connectivity index (χ2n) is 3.85. The molecule has 0 bridgehead atoms. The first-order valence-electron chi connectivity index (χ1n) is 5.50. The van der Waals surface area contributed by atoms with Gasteiger partial charge in [0, 0.05) is 6.07 Å². The summed E-state index contributed by atoms with van der Waals surface area (Å²) in [6.07, 6.45) is 0. The van der Waals surface area contributed by atoms with Gasteiger partial charge < -0.3 is 14.9 Å². The molecule has 0 saturated heterocycles. The molecule has 2 aromatic carbocycles. The monoisotopic (exact) mass is 278 g/mol. The number of carbonyl (C=O) groups is 1. The number of ether oxygens (including phenoxy) is 1. The fourth-order valence-corrected chi connectivity index (χ4v) is 1.78. The van der Waals surface area contributed by atoms with Crippen LogP contribution in [0.15, 0.2) is 42.5 Å². The second kappa shape index (κ2) is 5.73. The van der Waals surface area contributed by atoms with Crippen LogP contribution in [0.25, 0.3) is 0 Å². The van der Waals surface area contributed by atoms with Crippen molar-refractivity contribution in [3.63, 3.8) is 0 Å². The van der Waals surface area contributed by atoms with Crippen molar-refractivity contribution in [2.75, 3.05) is 0 Å². The Morgan fingerprint density at radius 2 is 1.74 bits per heavy atom. The summed E-state index contributed by atoms with van der Waals surface area (Å²) in [7, 11) is 0. The van der Waals surface area contributed by atoms with E-state index in [1.807, 2.05) is 0 Å². The summed E-state index contributed by atoms with van der Waals surface area (Å²) in [6.45, 7) is -0.0284. The number of halogens is 1. The lowest BCUT2D eigenvalue weighted by Crippen LogP contribution is -1.97. The first-order valence-corrected chi connectivity index (χ1v) is 5.88. The maximum Gasteiger partial charge on any atom is 0.337 e. The largest absolute Gasteiger partial charge is 0.478 e. The van der Waals surface area contributed by atoms with E-state index in [-0.39, 0.29) is 17.2 Å². The van der Waals surface area contributed by atoms with Crippen molar-refractivity contribution >= 4 is 17.6 Å². The zero-order valence-electron chi connectivity index (χ0n) is 9.84. The van der Waals surface area contributed by atoms with E-state index in [1.165, 1.54) is 18.2 Å². The van der Waals surface area contributed by atoms with E-state index in [2.05, 4.69) is 0 Å². The average Bonchev–Trinajstić information content (AvgIpc) is 2.39. The van der Waals surface area contributed by atoms with Gasteiger partial charge in [0.15, 0.2) is 0 Å². The van der Waals surface area contributed by atoms with Crippen molar-refractivity contribution < 1.29 is 19.7 Å². The Balaban J connectivity index is 2.18. The predicted octanol–water partition coefficient (Wildman–Crippen LogP) is 3.32. The minimum Gasteiger partial charge on any atom is -0.478 e. The quantitative estimate of drug-likeness (QED) is 0.900. The molecule has 0 aliphatic carbocycles. The molecule has 2 aromatic rings. The van der Waals surface area contributed by atoms with Gasteiger partial charge in [-0.05, 0) is 29.8 Å². The summed E-state index contributed by atoms with van der Waals surface area (Å²) in [5.41, 5.74) is 0.816. The molecule has 19 heavy (non-hydrogen) atoms. The Morgan fingerprint density at radius 3 is 2.26 bits per heavy atom. The number of aliphatic hydroxyl groups excluding tert-OH is 1. The molecular weight excluding hydrogens is 268 g/mol. The molecule has 0 spiro atoms. The zero-order valence-corrected chi connectivity index (χ0v) is 10.6. The molecule has 0 heterocycles. The van der Waals surface area contributed by atoms with Gasteiger partial charge in [0.05, 0.1) is 17.2 Å². The van der Waals surface area contributed by atoms with Gasteiger partial charge in [0.25, 0.3) is 0 Å². The lowest BCUT2D eigenvalue weighted by Gasteiger charge is -2.07. The van der Waals surface area contributed by atoms with Gasteiger partial charge in [-0.2, -0.15) is 0 Å². The minimum atomic E-state index is -1.08. The third-order valence-electron chi connectivity index (χ3n) is 2.51. The maximum atomic E-state index is 10.8. The predicted molar refractivity (Wildman–Crippen MR) is 70.9 cm³/mol. The van der Waals surface area contributed by atoms with Crippen LogP contribution in [0.2, 0.25) is 5.02 Å². The van der Waals surface area contributed by atoms with Gasteiger partial charge in [-0.3, -0.25) is 0 Å². The number of carboxylic acids is 1. The second-order valence-corrected chi connectivity index (χ2v) is 4.26. The van der Waals surface area contributed by atoms with Crippen molar-refractivity contribution in [3.05, 3.63) is 58.6 Å². The van der Waals surface area contributed by atoms with Gasteiger partial charge in [-0.15, -0.1) is 0 Å². The number of hydrogen-bond acceptors (Lipinski definition) is 3. The Hall–Kier alpha value is -2.04. The number of aromatic carboxylic acids is 1. The molecule has 0 saturated carbocycles. The van der Waals surface area contributed by atoms with Crippen LogP contribution in [0, 0.1) is 0 Å². The van der Waals surface area contributed by atoms with E-state index in [1.54, 1.807) is 24.3 Å². The van der Waals surface area contributed by atoms with Crippen molar-refractivity contribution in [1.82, 2.24) is 0 Å². The van der Waals surface area contributed by atoms with Crippen LogP contribution in [0.5, 0.6) is 11.5 Å². The third-order valence-corrected chi connectivity index (χ3v) is 2.83. The smallest absolute Gasteiger partial charge is 0.337 e. The normalized spacial score (nSPS) is 10.2. The Bertz CT molecular complexity index is 593. The summed E-state index contributed by atoms with van der Waals surface area (Å²) in [5.74, 6) is -0.0491. The van der Waals surface area contributed by atoms with E-state index < -0.39 is 5.97 Å². The first kappa shape index (κ1) is 13.4. The van der Waals surface area contributed by atoms with Crippen molar-refractivity contribution in [1.29, 1.82) is 0 Å². The van der Waals surface area contributed by atoms with Gasteiger partial charge in [0.2, 0.25) is 0 Å². The van der Waals surface area contributed by atoms with Gasteiger partial charge >= 0.3 is 5.97 Å². The molecule has 5 heteroatoms. The molecule has 0 atom stereocenters. The molecule has 2 N–H and O–H groups in total. The van der Waals surface area contributed by atoms with Gasteiger partial charge in [-0.1, -0.05) is 23.7 Å². The molecular formula is C14H11ClO4.